The zero-order valence-corrected chi connectivity index (χ0v) is 15.1. The smallest absolute Gasteiger partial charge is 0.269 e. The molecule has 0 unspecified atom stereocenters. The Hall–Kier alpha value is -2.32. The van der Waals surface area contributed by atoms with Crippen LogP contribution in [-0.4, -0.2) is 21.1 Å². The van der Waals surface area contributed by atoms with E-state index in [4.69, 9.17) is 4.74 Å². The van der Waals surface area contributed by atoms with E-state index in [0.717, 1.165) is 21.3 Å². The Kier molecular flexibility index (Phi) is 4.86. The number of aryl methyl sites for hydroxylation is 3. The Balaban J connectivity index is 1.67. The van der Waals surface area contributed by atoms with Gasteiger partial charge in [0.25, 0.3) is 5.91 Å². The number of anilines is 1. The Bertz CT molecular complexity index is 873. The van der Waals surface area contributed by atoms with Crippen molar-refractivity contribution in [2.24, 2.45) is 0 Å². The molecule has 0 saturated heterocycles. The molecule has 3 aromatic rings. The van der Waals surface area contributed by atoms with Crippen molar-refractivity contribution in [3.8, 4) is 5.75 Å². The monoisotopic (exact) mass is 360 g/mol. The fourth-order valence-electron chi connectivity index (χ4n) is 2.08. The summed E-state index contributed by atoms with van der Waals surface area (Å²) >= 11 is 2.66. The molecule has 0 bridgehead atoms. The van der Waals surface area contributed by atoms with Crippen LogP contribution in [0.1, 0.15) is 30.9 Å². The Morgan fingerprint density at radius 3 is 2.75 bits per heavy atom. The normalized spacial score (nSPS) is 10.6. The molecule has 2 heterocycles. The van der Waals surface area contributed by atoms with Crippen LogP contribution in [0.5, 0.6) is 5.75 Å². The highest BCUT2D eigenvalue weighted by molar-refractivity contribution is 7.16. The fourth-order valence-corrected chi connectivity index (χ4v) is 3.54. The second-order valence-electron chi connectivity index (χ2n) is 5.21. The van der Waals surface area contributed by atoms with Gasteiger partial charge in [0, 0.05) is 0 Å². The van der Waals surface area contributed by atoms with Crippen LogP contribution >= 0.6 is 22.7 Å². The van der Waals surface area contributed by atoms with Crippen molar-refractivity contribution in [1.29, 1.82) is 0 Å². The molecule has 0 radical (unpaired) electrons. The quantitative estimate of drug-likeness (QED) is 0.750. The first-order valence-corrected chi connectivity index (χ1v) is 8.92. The van der Waals surface area contributed by atoms with Crippen LogP contribution in [0.15, 0.2) is 24.3 Å². The van der Waals surface area contributed by atoms with Crippen molar-refractivity contribution >= 4 is 33.7 Å². The van der Waals surface area contributed by atoms with Gasteiger partial charge in [-0.25, -0.2) is 4.98 Å². The molecule has 124 valence electrons. The van der Waals surface area contributed by atoms with Crippen LogP contribution in [0.3, 0.4) is 0 Å². The average molecular weight is 360 g/mol. The molecule has 6 nitrogen and oxygen atoms in total. The number of benzene rings is 1. The summed E-state index contributed by atoms with van der Waals surface area (Å²) in [7, 11) is 0. The minimum Gasteiger partial charge on any atom is -0.486 e. The lowest BCUT2D eigenvalue weighted by Crippen LogP contribution is -2.11. The fraction of sp³-hybridized carbons (Fsp3) is 0.250. The average Bonchev–Trinajstić information content (AvgIpc) is 3.11. The van der Waals surface area contributed by atoms with Crippen molar-refractivity contribution in [2.45, 2.75) is 27.4 Å². The highest BCUT2D eigenvalue weighted by Crippen LogP contribution is 2.23. The third kappa shape index (κ3) is 3.95. The summed E-state index contributed by atoms with van der Waals surface area (Å²) in [6.07, 6.45) is 0. The Labute approximate surface area is 147 Å². The minimum atomic E-state index is -0.219. The molecule has 0 saturated carbocycles. The van der Waals surface area contributed by atoms with Gasteiger partial charge in [-0.05, 0) is 38.5 Å². The zero-order chi connectivity index (χ0) is 17.1. The first-order valence-electron chi connectivity index (χ1n) is 7.28. The van der Waals surface area contributed by atoms with Crippen molar-refractivity contribution < 1.29 is 9.53 Å². The molecule has 0 spiro atoms. The van der Waals surface area contributed by atoms with E-state index in [-0.39, 0.29) is 5.91 Å². The van der Waals surface area contributed by atoms with Gasteiger partial charge in [0.1, 0.15) is 27.2 Å². The van der Waals surface area contributed by atoms with E-state index in [1.54, 1.807) is 0 Å². The second kappa shape index (κ2) is 7.06. The molecule has 1 aromatic carbocycles. The number of hydrogen-bond acceptors (Lipinski definition) is 7. The van der Waals surface area contributed by atoms with E-state index in [2.05, 4.69) is 20.5 Å². The van der Waals surface area contributed by atoms with Gasteiger partial charge in [-0.2, -0.15) is 0 Å². The first-order chi connectivity index (χ1) is 11.5. The largest absolute Gasteiger partial charge is 0.486 e. The Morgan fingerprint density at radius 1 is 1.21 bits per heavy atom. The maximum absolute atomic E-state index is 12.3. The van der Waals surface area contributed by atoms with Crippen LogP contribution < -0.4 is 10.1 Å². The van der Waals surface area contributed by atoms with E-state index in [9.17, 15) is 4.79 Å². The Morgan fingerprint density at radius 2 is 2.04 bits per heavy atom. The number of hydrogen-bond donors (Lipinski definition) is 1. The number of thiazole rings is 1. The van der Waals surface area contributed by atoms with E-state index in [0.29, 0.717) is 22.3 Å². The summed E-state index contributed by atoms with van der Waals surface area (Å²) in [5.41, 5.74) is 1.82. The summed E-state index contributed by atoms with van der Waals surface area (Å²) in [4.78, 5) is 17.3. The summed E-state index contributed by atoms with van der Waals surface area (Å²) in [6, 6.07) is 7.82. The number of nitrogens with zero attached hydrogens (tertiary/aromatic N) is 3. The minimum absolute atomic E-state index is 0.219. The maximum atomic E-state index is 12.3. The lowest BCUT2D eigenvalue weighted by Gasteiger charge is -2.04. The van der Waals surface area contributed by atoms with Gasteiger partial charge >= 0.3 is 0 Å². The van der Waals surface area contributed by atoms with Gasteiger partial charge in [-0.15, -0.1) is 21.5 Å². The predicted molar refractivity (Wildman–Crippen MR) is 95.0 cm³/mol. The standard InChI is InChI=1S/C16H16N4O2S2/c1-9-5-4-6-12(7-9)22-8-13-17-10(2)14(24-13)15(21)18-16-20-19-11(3)23-16/h4-7H,8H2,1-3H3,(H,18,20,21). The third-order valence-electron chi connectivity index (χ3n) is 3.15. The second-order valence-corrected chi connectivity index (χ2v) is 7.47. The van der Waals surface area contributed by atoms with Crippen LogP contribution in [0.2, 0.25) is 0 Å². The summed E-state index contributed by atoms with van der Waals surface area (Å²) in [5, 5.41) is 12.6. The molecule has 0 fully saturated rings. The highest BCUT2D eigenvalue weighted by atomic mass is 32.1. The molecule has 24 heavy (non-hydrogen) atoms. The zero-order valence-electron chi connectivity index (χ0n) is 13.5. The van der Waals surface area contributed by atoms with Crippen LogP contribution in [0.25, 0.3) is 0 Å². The van der Waals surface area contributed by atoms with Crippen molar-refractivity contribution in [1.82, 2.24) is 15.2 Å². The topological polar surface area (TPSA) is 77.0 Å². The van der Waals surface area contributed by atoms with Gasteiger partial charge in [0.2, 0.25) is 5.13 Å². The number of amides is 1. The number of aromatic nitrogens is 3. The van der Waals surface area contributed by atoms with Gasteiger partial charge in [-0.1, -0.05) is 23.5 Å². The van der Waals surface area contributed by atoms with Gasteiger partial charge in [0.15, 0.2) is 0 Å². The number of nitrogens with one attached hydrogen (secondary N) is 1. The molecule has 3 rings (SSSR count). The van der Waals surface area contributed by atoms with Gasteiger partial charge < -0.3 is 4.74 Å². The number of rotatable bonds is 5. The number of carbonyl (C=O) groups is 1. The van der Waals surface area contributed by atoms with Crippen molar-refractivity contribution in [3.63, 3.8) is 0 Å². The van der Waals surface area contributed by atoms with E-state index >= 15 is 0 Å². The molecule has 0 atom stereocenters. The maximum Gasteiger partial charge on any atom is 0.269 e. The number of ether oxygens (including phenoxy) is 1. The first kappa shape index (κ1) is 16.5. The van der Waals surface area contributed by atoms with Gasteiger partial charge in [0.05, 0.1) is 5.69 Å². The summed E-state index contributed by atoms with van der Waals surface area (Å²) < 4.78 is 5.74. The third-order valence-corrected chi connectivity index (χ3v) is 5.03. The van der Waals surface area contributed by atoms with Crippen LogP contribution in [-0.2, 0) is 6.61 Å². The molecule has 0 aliphatic heterocycles. The van der Waals surface area contributed by atoms with Gasteiger partial charge in [-0.3, -0.25) is 10.1 Å². The molecule has 0 aliphatic carbocycles. The SMILES string of the molecule is Cc1cccc(OCc2nc(C)c(C(=O)Nc3nnc(C)s3)s2)c1. The molecule has 1 amide bonds. The highest BCUT2D eigenvalue weighted by Gasteiger charge is 2.17. The lowest BCUT2D eigenvalue weighted by molar-refractivity contribution is 0.102. The van der Waals surface area contributed by atoms with E-state index < -0.39 is 0 Å². The summed E-state index contributed by atoms with van der Waals surface area (Å²) in [5.74, 6) is 0.571. The molecule has 0 aliphatic rings. The van der Waals surface area contributed by atoms with Crippen molar-refractivity contribution in [3.05, 3.63) is 50.4 Å². The summed E-state index contributed by atoms with van der Waals surface area (Å²) in [6.45, 7) is 6.00. The molecular weight excluding hydrogens is 344 g/mol. The lowest BCUT2D eigenvalue weighted by atomic mass is 10.2. The molecular formula is C16H16N4O2S2. The van der Waals surface area contributed by atoms with E-state index in [1.165, 1.54) is 22.7 Å². The van der Waals surface area contributed by atoms with Crippen LogP contribution in [0.4, 0.5) is 5.13 Å². The molecule has 1 N–H and O–H groups in total. The molecule has 2 aromatic heterocycles. The predicted octanol–water partition coefficient (Wildman–Crippen LogP) is 3.75. The van der Waals surface area contributed by atoms with Crippen molar-refractivity contribution in [2.75, 3.05) is 5.32 Å². The molecule has 8 heteroatoms. The van der Waals surface area contributed by atoms with Crippen LogP contribution in [0, 0.1) is 20.8 Å². The van der Waals surface area contributed by atoms with E-state index in [1.807, 2.05) is 45.0 Å². The number of carbonyl (C=O) groups excluding carboxylic acids is 1.